The molecular formula is C20H20F2N4O4S. The van der Waals surface area contributed by atoms with E-state index in [1.807, 2.05) is 33.9 Å². The lowest BCUT2D eigenvalue weighted by Crippen LogP contribution is -2.44. The molecule has 1 aliphatic heterocycles. The lowest BCUT2D eigenvalue weighted by atomic mass is 10.2. The third-order valence-electron chi connectivity index (χ3n) is 5.05. The number of para-hydroxylation sites is 2. The summed E-state index contributed by atoms with van der Waals surface area (Å²) in [5, 5.41) is 2.65. The normalized spacial score (nSPS) is 16.7. The Kier molecular flexibility index (Phi) is 5.88. The molecule has 1 unspecified atom stereocenters. The first kappa shape index (κ1) is 21.2. The van der Waals surface area contributed by atoms with Gasteiger partial charge in [-0.15, -0.1) is 0 Å². The first-order chi connectivity index (χ1) is 14.8. The van der Waals surface area contributed by atoms with Gasteiger partial charge in [0.05, 0.1) is 12.6 Å². The minimum absolute atomic E-state index is 0.0716. The van der Waals surface area contributed by atoms with Gasteiger partial charge in [-0.1, -0.05) is 18.2 Å². The summed E-state index contributed by atoms with van der Waals surface area (Å²) in [5.74, 6) is -3.08. The highest BCUT2D eigenvalue weighted by Crippen LogP contribution is 2.28. The summed E-state index contributed by atoms with van der Waals surface area (Å²) in [6, 6.07) is 10.5. The second-order valence-corrected chi connectivity index (χ2v) is 8.84. The number of amides is 1. The highest BCUT2D eigenvalue weighted by molar-refractivity contribution is 7.89. The van der Waals surface area contributed by atoms with Crippen LogP contribution in [0.1, 0.15) is 12.8 Å². The Balaban J connectivity index is 1.35. The van der Waals surface area contributed by atoms with Crippen molar-refractivity contribution in [1.82, 2.24) is 15.0 Å². The summed E-state index contributed by atoms with van der Waals surface area (Å²) >= 11 is 0. The average molecular weight is 450 g/mol. The van der Waals surface area contributed by atoms with Crippen LogP contribution >= 0.6 is 0 Å². The van der Waals surface area contributed by atoms with Gasteiger partial charge in [0.15, 0.2) is 10.5 Å². The molecular weight excluding hydrogens is 430 g/mol. The van der Waals surface area contributed by atoms with Gasteiger partial charge in [-0.05, 0) is 37.1 Å². The predicted molar refractivity (Wildman–Crippen MR) is 109 cm³/mol. The maximum Gasteiger partial charge on any atom is 0.298 e. The lowest BCUT2D eigenvalue weighted by molar-refractivity contribution is -0.120. The van der Waals surface area contributed by atoms with Crippen LogP contribution in [0.4, 0.5) is 14.8 Å². The van der Waals surface area contributed by atoms with Gasteiger partial charge in [-0.2, -0.15) is 4.98 Å². The van der Waals surface area contributed by atoms with E-state index in [9.17, 15) is 22.0 Å². The van der Waals surface area contributed by atoms with E-state index in [-0.39, 0.29) is 12.6 Å². The SMILES string of the molecule is O=C(CNS(=O)(=O)c1c(F)cccc1F)NCC1CCCN1c1nc2ccccc2o1. The summed E-state index contributed by atoms with van der Waals surface area (Å²) < 4.78 is 59.5. The van der Waals surface area contributed by atoms with E-state index < -0.39 is 39.0 Å². The molecule has 1 saturated heterocycles. The van der Waals surface area contributed by atoms with Crippen LogP contribution < -0.4 is 14.9 Å². The van der Waals surface area contributed by atoms with Crippen molar-refractivity contribution in [3.05, 3.63) is 54.1 Å². The van der Waals surface area contributed by atoms with Crippen molar-refractivity contribution in [3.8, 4) is 0 Å². The van der Waals surface area contributed by atoms with Crippen LogP contribution in [0, 0.1) is 11.6 Å². The number of fused-ring (bicyclic) bond motifs is 1. The fourth-order valence-electron chi connectivity index (χ4n) is 3.55. The molecule has 8 nitrogen and oxygen atoms in total. The van der Waals surface area contributed by atoms with E-state index in [4.69, 9.17) is 4.42 Å². The number of benzene rings is 2. The van der Waals surface area contributed by atoms with Gasteiger partial charge < -0.3 is 14.6 Å². The number of oxazole rings is 1. The maximum atomic E-state index is 13.7. The molecule has 2 N–H and O–H groups in total. The third kappa shape index (κ3) is 4.52. The van der Waals surface area contributed by atoms with Gasteiger partial charge in [0.1, 0.15) is 17.2 Å². The number of carbonyl (C=O) groups excluding carboxylic acids is 1. The van der Waals surface area contributed by atoms with Crippen LogP contribution in [0.3, 0.4) is 0 Å². The van der Waals surface area contributed by atoms with Crippen LogP contribution in [-0.4, -0.2) is 45.0 Å². The lowest BCUT2D eigenvalue weighted by Gasteiger charge is -2.23. The van der Waals surface area contributed by atoms with Crippen LogP contribution in [0.5, 0.6) is 0 Å². The molecule has 11 heteroatoms. The molecule has 2 aromatic carbocycles. The minimum atomic E-state index is -4.52. The van der Waals surface area contributed by atoms with Gasteiger partial charge in [0.25, 0.3) is 6.01 Å². The smallest absolute Gasteiger partial charge is 0.298 e. The fraction of sp³-hybridized carbons (Fsp3) is 0.300. The zero-order chi connectivity index (χ0) is 22.0. The molecule has 1 fully saturated rings. The quantitative estimate of drug-likeness (QED) is 0.572. The van der Waals surface area contributed by atoms with Gasteiger partial charge in [-0.25, -0.2) is 21.9 Å². The third-order valence-corrected chi connectivity index (χ3v) is 6.50. The van der Waals surface area contributed by atoms with Crippen molar-refractivity contribution >= 4 is 33.0 Å². The fourth-order valence-corrected chi connectivity index (χ4v) is 4.66. The predicted octanol–water partition coefficient (Wildman–Crippen LogP) is 2.17. The molecule has 0 spiro atoms. The molecule has 1 atom stereocenters. The molecule has 0 saturated carbocycles. The molecule has 1 amide bonds. The summed E-state index contributed by atoms with van der Waals surface area (Å²) in [7, 11) is -4.52. The van der Waals surface area contributed by atoms with Gasteiger partial charge >= 0.3 is 0 Å². The molecule has 31 heavy (non-hydrogen) atoms. The summed E-state index contributed by atoms with van der Waals surface area (Å²) in [4.78, 5) is 17.5. The van der Waals surface area contributed by atoms with Crippen LogP contribution in [-0.2, 0) is 14.8 Å². The van der Waals surface area contributed by atoms with E-state index in [2.05, 4.69) is 10.3 Å². The zero-order valence-corrected chi connectivity index (χ0v) is 17.2. The largest absolute Gasteiger partial charge is 0.423 e. The first-order valence-corrected chi connectivity index (χ1v) is 11.2. The minimum Gasteiger partial charge on any atom is -0.423 e. The molecule has 0 bridgehead atoms. The zero-order valence-electron chi connectivity index (χ0n) is 16.3. The molecule has 164 valence electrons. The highest BCUT2D eigenvalue weighted by atomic mass is 32.2. The van der Waals surface area contributed by atoms with Gasteiger partial charge in [-0.3, -0.25) is 4.79 Å². The molecule has 3 aromatic rings. The molecule has 0 radical (unpaired) electrons. The number of nitrogens with one attached hydrogen (secondary N) is 2. The molecule has 1 aliphatic rings. The Hall–Kier alpha value is -3.05. The number of anilines is 1. The van der Waals surface area contributed by atoms with Crippen LogP contribution in [0.15, 0.2) is 51.8 Å². The Morgan fingerprint density at radius 3 is 2.65 bits per heavy atom. The molecule has 4 rings (SSSR count). The summed E-state index contributed by atoms with van der Waals surface area (Å²) in [6.45, 7) is 0.311. The number of sulfonamides is 1. The monoisotopic (exact) mass is 450 g/mol. The van der Waals surface area contributed by atoms with E-state index in [0.717, 1.165) is 36.6 Å². The molecule has 2 heterocycles. The number of nitrogens with zero attached hydrogens (tertiary/aromatic N) is 2. The van der Waals surface area contributed by atoms with Crippen molar-refractivity contribution in [1.29, 1.82) is 0 Å². The van der Waals surface area contributed by atoms with E-state index in [1.54, 1.807) is 0 Å². The van der Waals surface area contributed by atoms with Crippen molar-refractivity contribution in [3.63, 3.8) is 0 Å². The summed E-state index contributed by atoms with van der Waals surface area (Å²) in [6.07, 6.45) is 1.68. The van der Waals surface area contributed by atoms with E-state index in [0.29, 0.717) is 18.1 Å². The number of hydrogen-bond acceptors (Lipinski definition) is 6. The maximum absolute atomic E-state index is 13.7. The second-order valence-electron chi connectivity index (χ2n) is 7.13. The van der Waals surface area contributed by atoms with Crippen LogP contribution in [0.2, 0.25) is 0 Å². The van der Waals surface area contributed by atoms with E-state index >= 15 is 0 Å². The standard InChI is InChI=1S/C20H20F2N4O4S/c21-14-6-3-7-15(22)19(14)31(28,29)24-12-18(27)23-11-13-5-4-10-26(13)20-25-16-8-1-2-9-17(16)30-20/h1-3,6-9,13,24H,4-5,10-12H2,(H,23,27). The Morgan fingerprint density at radius 2 is 1.90 bits per heavy atom. The van der Waals surface area contributed by atoms with Gasteiger partial charge in [0.2, 0.25) is 15.9 Å². The Bertz CT molecular complexity index is 1160. The van der Waals surface area contributed by atoms with Crippen molar-refractivity contribution in [2.75, 3.05) is 24.5 Å². The number of rotatable bonds is 7. The topological polar surface area (TPSA) is 105 Å². The van der Waals surface area contributed by atoms with Crippen molar-refractivity contribution in [2.24, 2.45) is 0 Å². The number of carbonyl (C=O) groups is 1. The first-order valence-electron chi connectivity index (χ1n) is 9.68. The average Bonchev–Trinajstić information content (AvgIpc) is 3.36. The Morgan fingerprint density at radius 1 is 1.16 bits per heavy atom. The number of aromatic nitrogens is 1. The molecule has 1 aromatic heterocycles. The van der Waals surface area contributed by atoms with Crippen molar-refractivity contribution in [2.45, 2.75) is 23.8 Å². The van der Waals surface area contributed by atoms with E-state index in [1.165, 1.54) is 0 Å². The highest BCUT2D eigenvalue weighted by Gasteiger charge is 2.29. The van der Waals surface area contributed by atoms with Crippen molar-refractivity contribution < 1.29 is 26.4 Å². The number of hydrogen-bond donors (Lipinski definition) is 2. The molecule has 0 aliphatic carbocycles. The van der Waals surface area contributed by atoms with Gasteiger partial charge in [0, 0.05) is 13.1 Å². The van der Waals surface area contributed by atoms with Crippen LogP contribution in [0.25, 0.3) is 11.1 Å². The summed E-state index contributed by atoms with van der Waals surface area (Å²) in [5.41, 5.74) is 1.41. The number of halogens is 2. The second kappa shape index (κ2) is 8.60. The Labute approximate surface area is 177 Å².